The van der Waals surface area contributed by atoms with Crippen molar-refractivity contribution in [2.75, 3.05) is 11.1 Å². The highest BCUT2D eigenvalue weighted by molar-refractivity contribution is 6.07. The number of hydrogen-bond donors (Lipinski definition) is 3. The van der Waals surface area contributed by atoms with Crippen LogP contribution in [0.1, 0.15) is 20.7 Å². The summed E-state index contributed by atoms with van der Waals surface area (Å²) in [5.41, 5.74) is 11.9. The molecule has 2 rings (SSSR count). The molecule has 7 heteroatoms. The van der Waals surface area contributed by atoms with Crippen LogP contribution in [0.5, 0.6) is 0 Å². The molecule has 5 N–H and O–H groups in total. The number of carbonyl (C=O) groups excluding carboxylic acids is 2. The molecule has 7 nitrogen and oxygen atoms in total. The van der Waals surface area contributed by atoms with Crippen LogP contribution in [-0.4, -0.2) is 21.6 Å². The van der Waals surface area contributed by atoms with Crippen LogP contribution in [0.25, 0.3) is 0 Å². The molecule has 1 aromatic heterocycles. The van der Waals surface area contributed by atoms with Gasteiger partial charge in [0.05, 0.1) is 6.20 Å². The minimum absolute atomic E-state index is 0.267. The molecule has 0 bridgehead atoms. The van der Waals surface area contributed by atoms with E-state index in [1.54, 1.807) is 25.2 Å². The van der Waals surface area contributed by atoms with Crippen molar-refractivity contribution in [3.05, 3.63) is 41.6 Å². The SMILES string of the molecule is Cn1ncc(C(=O)Nc2cccc(C(N)=O)c2)c1N. The number of amides is 2. The number of anilines is 2. The average molecular weight is 259 g/mol. The van der Waals surface area contributed by atoms with Crippen LogP contribution in [0.15, 0.2) is 30.5 Å². The smallest absolute Gasteiger partial charge is 0.261 e. The summed E-state index contributed by atoms with van der Waals surface area (Å²) >= 11 is 0. The van der Waals surface area contributed by atoms with Crippen LogP contribution in [0.2, 0.25) is 0 Å². The highest BCUT2D eigenvalue weighted by atomic mass is 16.2. The summed E-state index contributed by atoms with van der Waals surface area (Å²) in [4.78, 5) is 23.0. The summed E-state index contributed by atoms with van der Waals surface area (Å²) in [7, 11) is 1.64. The summed E-state index contributed by atoms with van der Waals surface area (Å²) < 4.78 is 1.40. The van der Waals surface area contributed by atoms with Crippen molar-refractivity contribution >= 4 is 23.3 Å². The third kappa shape index (κ3) is 2.54. The molecule has 0 saturated heterocycles. The Kier molecular flexibility index (Phi) is 3.19. The number of benzene rings is 1. The van der Waals surface area contributed by atoms with Gasteiger partial charge in [-0.3, -0.25) is 14.3 Å². The molecule has 0 unspecified atom stereocenters. The van der Waals surface area contributed by atoms with Gasteiger partial charge in [0.25, 0.3) is 5.91 Å². The molecule has 0 aliphatic heterocycles. The van der Waals surface area contributed by atoms with E-state index in [0.29, 0.717) is 11.3 Å². The van der Waals surface area contributed by atoms with Crippen LogP contribution >= 0.6 is 0 Å². The van der Waals surface area contributed by atoms with E-state index in [9.17, 15) is 9.59 Å². The van der Waals surface area contributed by atoms with Gasteiger partial charge in [-0.05, 0) is 18.2 Å². The van der Waals surface area contributed by atoms with Crippen molar-refractivity contribution in [3.63, 3.8) is 0 Å². The van der Waals surface area contributed by atoms with Gasteiger partial charge in [0.2, 0.25) is 5.91 Å². The Labute approximate surface area is 109 Å². The van der Waals surface area contributed by atoms with Crippen molar-refractivity contribution in [1.29, 1.82) is 0 Å². The van der Waals surface area contributed by atoms with Crippen molar-refractivity contribution < 1.29 is 9.59 Å². The molecule has 0 aliphatic carbocycles. The second-order valence-electron chi connectivity index (χ2n) is 3.97. The normalized spacial score (nSPS) is 10.2. The zero-order valence-corrected chi connectivity index (χ0v) is 10.3. The molecule has 0 aliphatic rings. The second kappa shape index (κ2) is 4.81. The Morgan fingerprint density at radius 2 is 2.11 bits per heavy atom. The van der Waals surface area contributed by atoms with Crippen LogP contribution in [0.3, 0.4) is 0 Å². The summed E-state index contributed by atoms with van der Waals surface area (Å²) in [5, 5.41) is 6.51. The monoisotopic (exact) mass is 259 g/mol. The van der Waals surface area contributed by atoms with Gasteiger partial charge in [-0.25, -0.2) is 0 Å². The zero-order valence-electron chi connectivity index (χ0n) is 10.3. The number of rotatable bonds is 3. The maximum absolute atomic E-state index is 12.0. The fraction of sp³-hybridized carbons (Fsp3) is 0.0833. The zero-order chi connectivity index (χ0) is 14.0. The molecule has 0 saturated carbocycles. The summed E-state index contributed by atoms with van der Waals surface area (Å²) in [6.07, 6.45) is 1.38. The topological polar surface area (TPSA) is 116 Å². The molecule has 2 aromatic rings. The van der Waals surface area contributed by atoms with Gasteiger partial charge >= 0.3 is 0 Å². The minimum Gasteiger partial charge on any atom is -0.383 e. The Hall–Kier alpha value is -2.83. The van der Waals surface area contributed by atoms with Gasteiger partial charge in [0.1, 0.15) is 11.4 Å². The van der Waals surface area contributed by atoms with Crippen LogP contribution < -0.4 is 16.8 Å². The Morgan fingerprint density at radius 3 is 2.68 bits per heavy atom. The van der Waals surface area contributed by atoms with Crippen LogP contribution in [0.4, 0.5) is 11.5 Å². The lowest BCUT2D eigenvalue weighted by Gasteiger charge is -2.05. The van der Waals surface area contributed by atoms with Gasteiger partial charge in [-0.2, -0.15) is 5.10 Å². The lowest BCUT2D eigenvalue weighted by atomic mass is 10.2. The number of aromatic nitrogens is 2. The standard InChI is InChI=1S/C12H13N5O2/c1-17-10(13)9(6-15-17)12(19)16-8-4-2-3-7(5-8)11(14)18/h2-6H,13H2,1H3,(H2,14,18)(H,16,19). The molecular weight excluding hydrogens is 246 g/mol. The molecule has 98 valence electrons. The van der Waals surface area contributed by atoms with E-state index in [-0.39, 0.29) is 11.4 Å². The van der Waals surface area contributed by atoms with Crippen molar-refractivity contribution in [2.24, 2.45) is 12.8 Å². The molecule has 2 amide bonds. The highest BCUT2D eigenvalue weighted by Crippen LogP contribution is 2.14. The molecule has 1 aromatic carbocycles. The first-order valence-electron chi connectivity index (χ1n) is 5.47. The second-order valence-corrected chi connectivity index (χ2v) is 3.97. The van der Waals surface area contributed by atoms with Crippen LogP contribution in [0, 0.1) is 0 Å². The van der Waals surface area contributed by atoms with Gasteiger partial charge in [-0.15, -0.1) is 0 Å². The van der Waals surface area contributed by atoms with Crippen molar-refractivity contribution in [2.45, 2.75) is 0 Å². The Balaban J connectivity index is 2.22. The first-order chi connectivity index (χ1) is 8.99. The summed E-state index contributed by atoms with van der Waals surface area (Å²) in [6.45, 7) is 0. The van der Waals surface area contributed by atoms with Gasteiger partial charge in [0, 0.05) is 18.3 Å². The highest BCUT2D eigenvalue weighted by Gasteiger charge is 2.14. The molecule has 0 spiro atoms. The van der Waals surface area contributed by atoms with Gasteiger partial charge in [0.15, 0.2) is 0 Å². The number of aryl methyl sites for hydroxylation is 1. The molecule has 19 heavy (non-hydrogen) atoms. The molecule has 0 fully saturated rings. The number of carbonyl (C=O) groups is 2. The number of nitrogens with one attached hydrogen (secondary N) is 1. The quantitative estimate of drug-likeness (QED) is 0.737. The average Bonchev–Trinajstić information content (AvgIpc) is 2.70. The number of nitrogen functional groups attached to an aromatic ring is 1. The van der Waals surface area contributed by atoms with E-state index in [1.165, 1.54) is 16.9 Å². The Bertz CT molecular complexity index is 647. The minimum atomic E-state index is -0.558. The number of nitrogens with zero attached hydrogens (tertiary/aromatic N) is 2. The van der Waals surface area contributed by atoms with Crippen LogP contribution in [-0.2, 0) is 7.05 Å². The molecular formula is C12H13N5O2. The predicted octanol–water partition coefficient (Wildman–Crippen LogP) is 0.353. The first-order valence-corrected chi connectivity index (χ1v) is 5.47. The van der Waals surface area contributed by atoms with E-state index in [4.69, 9.17) is 11.5 Å². The first kappa shape index (κ1) is 12.6. The number of primary amides is 1. The maximum atomic E-state index is 12.0. The third-order valence-electron chi connectivity index (χ3n) is 2.63. The van der Waals surface area contributed by atoms with E-state index >= 15 is 0 Å². The molecule has 1 heterocycles. The lowest BCUT2D eigenvalue weighted by molar-refractivity contribution is 0.0996. The van der Waals surface area contributed by atoms with Crippen molar-refractivity contribution in [1.82, 2.24) is 9.78 Å². The molecule has 0 atom stereocenters. The summed E-state index contributed by atoms with van der Waals surface area (Å²) in [6, 6.07) is 6.34. The fourth-order valence-electron chi connectivity index (χ4n) is 1.57. The maximum Gasteiger partial charge on any atom is 0.261 e. The summed E-state index contributed by atoms with van der Waals surface area (Å²) in [5.74, 6) is -0.687. The number of nitrogens with two attached hydrogens (primary N) is 2. The van der Waals surface area contributed by atoms with E-state index in [2.05, 4.69) is 10.4 Å². The van der Waals surface area contributed by atoms with E-state index in [1.807, 2.05) is 0 Å². The van der Waals surface area contributed by atoms with E-state index < -0.39 is 11.8 Å². The van der Waals surface area contributed by atoms with E-state index in [0.717, 1.165) is 0 Å². The number of hydrogen-bond acceptors (Lipinski definition) is 4. The lowest BCUT2D eigenvalue weighted by Crippen LogP contribution is -2.15. The predicted molar refractivity (Wildman–Crippen MR) is 70.5 cm³/mol. The largest absolute Gasteiger partial charge is 0.383 e. The van der Waals surface area contributed by atoms with Gasteiger partial charge < -0.3 is 16.8 Å². The fourth-order valence-corrected chi connectivity index (χ4v) is 1.57. The molecule has 0 radical (unpaired) electrons. The Morgan fingerprint density at radius 1 is 1.37 bits per heavy atom. The van der Waals surface area contributed by atoms with Crippen molar-refractivity contribution in [3.8, 4) is 0 Å². The van der Waals surface area contributed by atoms with Gasteiger partial charge in [-0.1, -0.05) is 6.07 Å². The third-order valence-corrected chi connectivity index (χ3v) is 2.63.